The highest BCUT2D eigenvalue weighted by Gasteiger charge is 2.19. The minimum atomic E-state index is 0.759. The van der Waals surface area contributed by atoms with Gasteiger partial charge in [0.15, 0.2) is 0 Å². The Bertz CT molecular complexity index is 694. The van der Waals surface area contributed by atoms with E-state index in [1.54, 1.807) is 5.01 Å². The van der Waals surface area contributed by atoms with E-state index in [0.717, 1.165) is 41.9 Å². The number of aryl methyl sites for hydroxylation is 2. The first-order valence-corrected chi connectivity index (χ1v) is 7.17. The van der Waals surface area contributed by atoms with Crippen LogP contribution in [0.1, 0.15) is 24.5 Å². The van der Waals surface area contributed by atoms with Crippen LogP contribution in [0.2, 0.25) is 0 Å². The molecule has 0 atom stereocenters. The van der Waals surface area contributed by atoms with Gasteiger partial charge in [0.1, 0.15) is 0 Å². The molecule has 0 fully saturated rings. The molecule has 1 aromatic carbocycles. The van der Waals surface area contributed by atoms with Crippen LogP contribution in [0.5, 0.6) is 0 Å². The van der Waals surface area contributed by atoms with Gasteiger partial charge in [-0.25, -0.2) is 5.84 Å². The molecule has 0 saturated carbocycles. The summed E-state index contributed by atoms with van der Waals surface area (Å²) in [6, 6.07) is 6.46. The maximum absolute atomic E-state index is 6.13. The smallest absolute Gasteiger partial charge is 0.0776 e. The third-order valence-corrected chi connectivity index (χ3v) is 3.90. The van der Waals surface area contributed by atoms with Crippen molar-refractivity contribution in [1.82, 2.24) is 14.8 Å². The van der Waals surface area contributed by atoms with Crippen molar-refractivity contribution in [2.24, 2.45) is 18.6 Å². The standard InChI is InChI=1S/C16H21N5/c1-11(17)16-15-6-5-12(14-9-19-20(2)10-14)8-13(15)4-3-7-21(16)18/h5-6,8-10H,3-4,7,17-18H2,1-2H3/b16-11-. The van der Waals surface area contributed by atoms with Crippen LogP contribution >= 0.6 is 0 Å². The lowest BCUT2D eigenvalue weighted by Gasteiger charge is -2.22. The fourth-order valence-corrected chi connectivity index (χ4v) is 2.93. The number of aromatic nitrogens is 2. The molecule has 110 valence electrons. The van der Waals surface area contributed by atoms with Crippen molar-refractivity contribution in [3.05, 3.63) is 47.4 Å². The van der Waals surface area contributed by atoms with Gasteiger partial charge in [-0.3, -0.25) is 4.68 Å². The normalized spacial score (nSPS) is 17.4. The third-order valence-electron chi connectivity index (χ3n) is 3.90. The van der Waals surface area contributed by atoms with Crippen molar-refractivity contribution in [1.29, 1.82) is 0 Å². The molecule has 0 saturated heterocycles. The van der Waals surface area contributed by atoms with E-state index in [0.29, 0.717) is 0 Å². The zero-order chi connectivity index (χ0) is 15.0. The molecule has 21 heavy (non-hydrogen) atoms. The number of nitrogens with two attached hydrogens (primary N) is 2. The van der Waals surface area contributed by atoms with E-state index in [1.165, 1.54) is 11.1 Å². The Kier molecular flexibility index (Phi) is 3.43. The largest absolute Gasteiger partial charge is 0.401 e. The molecule has 0 aliphatic carbocycles. The van der Waals surface area contributed by atoms with Gasteiger partial charge in [-0.2, -0.15) is 5.10 Å². The number of rotatable bonds is 1. The molecule has 5 heteroatoms. The number of fused-ring (bicyclic) bond motifs is 1. The van der Waals surface area contributed by atoms with E-state index in [9.17, 15) is 0 Å². The summed E-state index contributed by atoms with van der Waals surface area (Å²) in [5.41, 5.74) is 12.5. The van der Waals surface area contributed by atoms with Crippen LogP contribution < -0.4 is 11.6 Å². The zero-order valence-corrected chi connectivity index (χ0v) is 12.5. The van der Waals surface area contributed by atoms with Crippen molar-refractivity contribution in [2.75, 3.05) is 6.54 Å². The van der Waals surface area contributed by atoms with Crippen molar-refractivity contribution in [3.8, 4) is 11.1 Å². The molecule has 2 aromatic rings. The number of hydrogen-bond donors (Lipinski definition) is 2. The predicted molar refractivity (Wildman–Crippen MR) is 84.6 cm³/mol. The van der Waals surface area contributed by atoms with Crippen LogP contribution in [-0.2, 0) is 13.5 Å². The van der Waals surface area contributed by atoms with Gasteiger partial charge in [-0.1, -0.05) is 18.2 Å². The SMILES string of the molecule is C/C(N)=C1\c2ccc(-c3cnn(C)c3)cc2CCCN1N. The Hall–Kier alpha value is -2.27. The number of benzene rings is 1. The number of allylic oxidation sites excluding steroid dienone is 1. The summed E-state index contributed by atoms with van der Waals surface area (Å²) in [5.74, 6) is 6.13. The van der Waals surface area contributed by atoms with Crippen LogP contribution in [0.15, 0.2) is 36.3 Å². The van der Waals surface area contributed by atoms with Gasteiger partial charge in [0, 0.05) is 36.6 Å². The van der Waals surface area contributed by atoms with Crippen LogP contribution in [0.3, 0.4) is 0 Å². The van der Waals surface area contributed by atoms with Crippen LogP contribution in [0.4, 0.5) is 0 Å². The Morgan fingerprint density at radius 3 is 2.76 bits per heavy atom. The Morgan fingerprint density at radius 2 is 2.10 bits per heavy atom. The lowest BCUT2D eigenvalue weighted by molar-refractivity contribution is 0.412. The summed E-state index contributed by atoms with van der Waals surface area (Å²) in [7, 11) is 1.93. The molecule has 1 aliphatic rings. The molecule has 0 spiro atoms. The number of hydrogen-bond acceptors (Lipinski definition) is 4. The topological polar surface area (TPSA) is 73.1 Å². The summed E-state index contributed by atoms with van der Waals surface area (Å²) in [6.45, 7) is 2.72. The van der Waals surface area contributed by atoms with Crippen LogP contribution in [-0.4, -0.2) is 21.3 Å². The highest BCUT2D eigenvalue weighted by Crippen LogP contribution is 2.31. The van der Waals surface area contributed by atoms with Gasteiger partial charge >= 0.3 is 0 Å². The van der Waals surface area contributed by atoms with Gasteiger partial charge in [0.2, 0.25) is 0 Å². The average Bonchev–Trinajstić information content (AvgIpc) is 2.79. The second-order valence-corrected chi connectivity index (χ2v) is 5.60. The molecule has 1 aliphatic heterocycles. The van der Waals surface area contributed by atoms with Crippen LogP contribution in [0, 0.1) is 0 Å². The summed E-state index contributed by atoms with van der Waals surface area (Å²) < 4.78 is 1.82. The van der Waals surface area contributed by atoms with Crippen molar-refractivity contribution >= 4 is 5.70 Å². The monoisotopic (exact) mass is 283 g/mol. The van der Waals surface area contributed by atoms with Crippen molar-refractivity contribution < 1.29 is 0 Å². The first-order chi connectivity index (χ1) is 10.1. The van der Waals surface area contributed by atoms with E-state index < -0.39 is 0 Å². The maximum Gasteiger partial charge on any atom is 0.0776 e. The number of hydrazine groups is 1. The Balaban J connectivity index is 2.10. The molecule has 0 radical (unpaired) electrons. The van der Waals surface area contributed by atoms with E-state index in [4.69, 9.17) is 11.6 Å². The number of nitrogens with zero attached hydrogens (tertiary/aromatic N) is 3. The molecule has 0 unspecified atom stereocenters. The van der Waals surface area contributed by atoms with E-state index in [2.05, 4.69) is 23.3 Å². The Labute approximate surface area is 124 Å². The van der Waals surface area contributed by atoms with Gasteiger partial charge in [0.05, 0.1) is 11.9 Å². The lowest BCUT2D eigenvalue weighted by Crippen LogP contribution is -2.31. The van der Waals surface area contributed by atoms with Crippen molar-refractivity contribution in [3.63, 3.8) is 0 Å². The minimum Gasteiger partial charge on any atom is -0.401 e. The average molecular weight is 283 g/mol. The predicted octanol–water partition coefficient (Wildman–Crippen LogP) is 1.86. The summed E-state index contributed by atoms with van der Waals surface area (Å²) in [4.78, 5) is 0. The fraction of sp³-hybridized carbons (Fsp3) is 0.312. The van der Waals surface area contributed by atoms with E-state index in [1.807, 2.05) is 31.0 Å². The summed E-state index contributed by atoms with van der Waals surface area (Å²) in [6.07, 6.45) is 5.95. The molecule has 0 bridgehead atoms. The van der Waals surface area contributed by atoms with E-state index >= 15 is 0 Å². The van der Waals surface area contributed by atoms with Crippen molar-refractivity contribution in [2.45, 2.75) is 19.8 Å². The molecule has 1 aromatic heterocycles. The molecule has 4 N–H and O–H groups in total. The molecule has 5 nitrogen and oxygen atoms in total. The zero-order valence-electron chi connectivity index (χ0n) is 12.5. The summed E-state index contributed by atoms with van der Waals surface area (Å²) in [5, 5.41) is 6.01. The first-order valence-electron chi connectivity index (χ1n) is 7.17. The third kappa shape index (κ3) is 2.52. The second-order valence-electron chi connectivity index (χ2n) is 5.60. The quantitative estimate of drug-likeness (QED) is 0.783. The first kappa shape index (κ1) is 13.7. The lowest BCUT2D eigenvalue weighted by atomic mass is 9.96. The Morgan fingerprint density at radius 1 is 1.29 bits per heavy atom. The summed E-state index contributed by atoms with van der Waals surface area (Å²) >= 11 is 0. The van der Waals surface area contributed by atoms with Crippen LogP contribution in [0.25, 0.3) is 16.8 Å². The molecule has 3 rings (SSSR count). The van der Waals surface area contributed by atoms with Gasteiger partial charge < -0.3 is 10.7 Å². The van der Waals surface area contributed by atoms with E-state index in [-0.39, 0.29) is 0 Å². The second kappa shape index (κ2) is 5.26. The minimum absolute atomic E-state index is 0.759. The highest BCUT2D eigenvalue weighted by atomic mass is 15.4. The van der Waals surface area contributed by atoms with Gasteiger partial charge in [-0.15, -0.1) is 0 Å². The molecular weight excluding hydrogens is 262 g/mol. The molecule has 2 heterocycles. The molecule has 0 amide bonds. The van der Waals surface area contributed by atoms with Gasteiger partial charge in [0.25, 0.3) is 0 Å². The maximum atomic E-state index is 6.13. The fourth-order valence-electron chi connectivity index (χ4n) is 2.93. The molecular formula is C16H21N5. The highest BCUT2D eigenvalue weighted by molar-refractivity contribution is 5.73. The van der Waals surface area contributed by atoms with Gasteiger partial charge in [-0.05, 0) is 30.9 Å².